The van der Waals surface area contributed by atoms with Gasteiger partial charge in [0.1, 0.15) is 4.49 Å². The Bertz CT molecular complexity index is 145. The number of halogens is 2. The molecule has 1 saturated carbocycles. The van der Waals surface area contributed by atoms with Crippen LogP contribution in [0.3, 0.4) is 0 Å². The molecule has 0 aromatic rings. The highest BCUT2D eigenvalue weighted by molar-refractivity contribution is 6.56. The maximum Gasteiger partial charge on any atom is 0.106 e. The molecule has 0 aliphatic heterocycles. The molecule has 0 heterocycles. The Balaban J connectivity index is 2.65. The summed E-state index contributed by atoms with van der Waals surface area (Å²) in [6, 6.07) is 0. The van der Waals surface area contributed by atoms with Crippen molar-refractivity contribution in [1.29, 1.82) is 0 Å². The fourth-order valence-corrected chi connectivity index (χ4v) is 2.03. The van der Waals surface area contributed by atoms with E-state index in [1.54, 1.807) is 0 Å². The van der Waals surface area contributed by atoms with Crippen LogP contribution in [0.2, 0.25) is 0 Å². The van der Waals surface area contributed by atoms with Gasteiger partial charge in [0.05, 0.1) is 0 Å². The molecular formula is C8H12Cl2. The molecular weight excluding hydrogens is 167 g/mol. The highest BCUT2D eigenvalue weighted by atomic mass is 35.5. The summed E-state index contributed by atoms with van der Waals surface area (Å²) >= 11 is 11.4. The number of allylic oxidation sites excluding steroid dienone is 1. The molecule has 1 rings (SSSR count). The standard InChI is InChI=1S/C8H12Cl2/c1-6-4-2-3-5-7(6)8(9)10/h6H,2-5H2,1H3. The van der Waals surface area contributed by atoms with Gasteiger partial charge in [-0.05, 0) is 30.8 Å². The first-order chi connectivity index (χ1) is 4.72. The minimum Gasteiger partial charge on any atom is -0.0709 e. The molecule has 58 valence electrons. The van der Waals surface area contributed by atoms with Crippen LogP contribution in [0, 0.1) is 5.92 Å². The van der Waals surface area contributed by atoms with Crippen LogP contribution in [0.4, 0.5) is 0 Å². The Morgan fingerprint density at radius 1 is 1.40 bits per heavy atom. The van der Waals surface area contributed by atoms with Crippen LogP contribution >= 0.6 is 23.2 Å². The van der Waals surface area contributed by atoms with E-state index in [0.717, 1.165) is 6.42 Å². The molecule has 0 saturated heterocycles. The average Bonchev–Trinajstić information content (AvgIpc) is 1.88. The molecule has 1 atom stereocenters. The molecule has 2 heteroatoms. The topological polar surface area (TPSA) is 0 Å². The maximum atomic E-state index is 5.70. The second kappa shape index (κ2) is 3.64. The summed E-state index contributed by atoms with van der Waals surface area (Å²) in [6.07, 6.45) is 4.93. The van der Waals surface area contributed by atoms with Crippen molar-refractivity contribution in [2.45, 2.75) is 32.6 Å². The van der Waals surface area contributed by atoms with Gasteiger partial charge in [0, 0.05) is 0 Å². The predicted octanol–water partition coefficient (Wildman–Crippen LogP) is 3.89. The molecule has 0 radical (unpaired) electrons. The van der Waals surface area contributed by atoms with Crippen molar-refractivity contribution in [3.05, 3.63) is 10.1 Å². The summed E-state index contributed by atoms with van der Waals surface area (Å²) in [5.74, 6) is 0.610. The highest BCUT2D eigenvalue weighted by Crippen LogP contribution is 2.33. The van der Waals surface area contributed by atoms with Crippen LogP contribution in [0.25, 0.3) is 0 Å². The zero-order chi connectivity index (χ0) is 7.56. The first-order valence-electron chi connectivity index (χ1n) is 3.76. The van der Waals surface area contributed by atoms with Gasteiger partial charge in [-0.15, -0.1) is 0 Å². The monoisotopic (exact) mass is 178 g/mol. The van der Waals surface area contributed by atoms with Crippen molar-refractivity contribution < 1.29 is 0 Å². The van der Waals surface area contributed by atoms with Crippen LogP contribution in [0.5, 0.6) is 0 Å². The van der Waals surface area contributed by atoms with E-state index >= 15 is 0 Å². The normalized spacial score (nSPS) is 26.7. The average molecular weight is 179 g/mol. The van der Waals surface area contributed by atoms with Crippen LogP contribution in [-0.4, -0.2) is 0 Å². The van der Waals surface area contributed by atoms with E-state index in [2.05, 4.69) is 6.92 Å². The second-order valence-corrected chi connectivity index (χ2v) is 3.88. The molecule has 0 nitrogen and oxygen atoms in total. The molecule has 0 N–H and O–H groups in total. The lowest BCUT2D eigenvalue weighted by molar-refractivity contribution is 0.484. The highest BCUT2D eigenvalue weighted by Gasteiger charge is 2.16. The van der Waals surface area contributed by atoms with E-state index in [9.17, 15) is 0 Å². The lowest BCUT2D eigenvalue weighted by Gasteiger charge is -2.21. The summed E-state index contributed by atoms with van der Waals surface area (Å²) in [6.45, 7) is 2.19. The van der Waals surface area contributed by atoms with Crippen LogP contribution in [-0.2, 0) is 0 Å². The lowest BCUT2D eigenvalue weighted by Crippen LogP contribution is -2.06. The minimum absolute atomic E-state index is 0.507. The van der Waals surface area contributed by atoms with E-state index in [4.69, 9.17) is 23.2 Å². The van der Waals surface area contributed by atoms with Crippen LogP contribution in [0.15, 0.2) is 10.1 Å². The van der Waals surface area contributed by atoms with Gasteiger partial charge in [-0.25, -0.2) is 0 Å². The molecule has 0 amide bonds. The summed E-state index contributed by atoms with van der Waals surface area (Å²) in [4.78, 5) is 0. The molecule has 1 fully saturated rings. The molecule has 0 aromatic heterocycles. The fourth-order valence-electron chi connectivity index (χ4n) is 1.47. The second-order valence-electron chi connectivity index (χ2n) is 2.93. The van der Waals surface area contributed by atoms with Gasteiger partial charge < -0.3 is 0 Å². The molecule has 0 aromatic carbocycles. The third-order valence-electron chi connectivity index (χ3n) is 2.17. The third kappa shape index (κ3) is 1.90. The van der Waals surface area contributed by atoms with Gasteiger partial charge >= 0.3 is 0 Å². The first-order valence-corrected chi connectivity index (χ1v) is 4.51. The van der Waals surface area contributed by atoms with Crippen LogP contribution in [0.1, 0.15) is 32.6 Å². The van der Waals surface area contributed by atoms with Crippen molar-refractivity contribution in [2.24, 2.45) is 5.92 Å². The minimum atomic E-state index is 0.507. The van der Waals surface area contributed by atoms with Crippen molar-refractivity contribution in [3.63, 3.8) is 0 Å². The Morgan fingerprint density at radius 3 is 2.50 bits per heavy atom. The van der Waals surface area contributed by atoms with E-state index < -0.39 is 0 Å². The smallest absolute Gasteiger partial charge is 0.0709 e. The van der Waals surface area contributed by atoms with E-state index in [1.807, 2.05) is 0 Å². The summed E-state index contributed by atoms with van der Waals surface area (Å²) in [5.41, 5.74) is 1.26. The van der Waals surface area contributed by atoms with E-state index in [0.29, 0.717) is 10.4 Å². The summed E-state index contributed by atoms with van der Waals surface area (Å²) < 4.78 is 0.507. The van der Waals surface area contributed by atoms with Crippen molar-refractivity contribution in [1.82, 2.24) is 0 Å². The molecule has 0 bridgehead atoms. The Morgan fingerprint density at radius 2 is 2.10 bits per heavy atom. The van der Waals surface area contributed by atoms with Gasteiger partial charge in [-0.3, -0.25) is 0 Å². The largest absolute Gasteiger partial charge is 0.106 e. The number of rotatable bonds is 0. The third-order valence-corrected chi connectivity index (χ3v) is 2.66. The van der Waals surface area contributed by atoms with Crippen molar-refractivity contribution >= 4 is 23.2 Å². The fraction of sp³-hybridized carbons (Fsp3) is 0.750. The van der Waals surface area contributed by atoms with Gasteiger partial charge in [0.25, 0.3) is 0 Å². The quantitative estimate of drug-likeness (QED) is 0.529. The number of hydrogen-bond donors (Lipinski definition) is 0. The molecule has 0 spiro atoms. The summed E-state index contributed by atoms with van der Waals surface area (Å²) in [7, 11) is 0. The molecule has 1 aliphatic rings. The van der Waals surface area contributed by atoms with Gasteiger partial charge in [0.2, 0.25) is 0 Å². The first kappa shape index (κ1) is 8.42. The van der Waals surface area contributed by atoms with Crippen molar-refractivity contribution in [3.8, 4) is 0 Å². The molecule has 1 unspecified atom stereocenters. The predicted molar refractivity (Wildman–Crippen MR) is 46.4 cm³/mol. The zero-order valence-corrected chi connectivity index (χ0v) is 7.67. The van der Waals surface area contributed by atoms with E-state index in [-0.39, 0.29) is 0 Å². The van der Waals surface area contributed by atoms with Crippen molar-refractivity contribution in [2.75, 3.05) is 0 Å². The number of hydrogen-bond acceptors (Lipinski definition) is 0. The Kier molecular flexibility index (Phi) is 3.06. The Hall–Kier alpha value is 0.320. The van der Waals surface area contributed by atoms with E-state index in [1.165, 1.54) is 24.8 Å². The SMILES string of the molecule is CC1CCCCC1=C(Cl)Cl. The van der Waals surface area contributed by atoms with Gasteiger partial charge in [-0.2, -0.15) is 0 Å². The zero-order valence-electron chi connectivity index (χ0n) is 6.16. The maximum absolute atomic E-state index is 5.70. The van der Waals surface area contributed by atoms with Gasteiger partial charge in [-0.1, -0.05) is 36.5 Å². The van der Waals surface area contributed by atoms with Crippen LogP contribution < -0.4 is 0 Å². The molecule has 10 heavy (non-hydrogen) atoms. The Labute approximate surface area is 72.2 Å². The summed E-state index contributed by atoms with van der Waals surface area (Å²) in [5, 5.41) is 0. The molecule has 1 aliphatic carbocycles. The lowest BCUT2D eigenvalue weighted by atomic mass is 9.87. The van der Waals surface area contributed by atoms with Gasteiger partial charge in [0.15, 0.2) is 0 Å².